The molecule has 12 heavy (non-hydrogen) atoms. The summed E-state index contributed by atoms with van der Waals surface area (Å²) in [5, 5.41) is 8.74. The van der Waals surface area contributed by atoms with Crippen LogP contribution in [0.5, 0.6) is 0 Å². The van der Waals surface area contributed by atoms with Crippen LogP contribution in [0.15, 0.2) is 4.99 Å². The average Bonchev–Trinajstić information content (AvgIpc) is 1.98. The lowest BCUT2D eigenvalue weighted by atomic mass is 10.6. The van der Waals surface area contributed by atoms with Crippen molar-refractivity contribution in [3.8, 4) is 6.19 Å². The number of carbonyl (C=O) groups excluding carboxylic acids is 1. The third-order valence-electron chi connectivity index (χ3n) is 1.05. The van der Waals surface area contributed by atoms with Gasteiger partial charge in [-0.05, 0) is 6.26 Å². The van der Waals surface area contributed by atoms with Crippen molar-refractivity contribution in [1.29, 1.82) is 5.26 Å². The van der Waals surface area contributed by atoms with E-state index in [0.717, 1.165) is 0 Å². The molecule has 0 saturated heterocycles. The van der Waals surface area contributed by atoms with Crippen LogP contribution in [0.1, 0.15) is 0 Å². The predicted molar refractivity (Wildman–Crippen MR) is 48.4 cm³/mol. The Morgan fingerprint density at radius 3 is 2.75 bits per heavy atom. The third kappa shape index (κ3) is 3.83. The molecule has 0 unspecified atom stereocenters. The maximum Gasteiger partial charge on any atom is 0.237 e. The third-order valence-corrected chi connectivity index (χ3v) is 1.82. The Morgan fingerprint density at radius 2 is 2.42 bits per heavy atom. The molecule has 0 aromatic rings. The highest BCUT2D eigenvalue weighted by Gasteiger charge is 2.06. The molecule has 0 aliphatic carbocycles. The van der Waals surface area contributed by atoms with Gasteiger partial charge in [-0.15, -0.1) is 4.99 Å². The number of likely N-dealkylation sites (N-methyl/N-ethyl adjacent to an activating group) is 1. The van der Waals surface area contributed by atoms with E-state index >= 15 is 0 Å². The minimum absolute atomic E-state index is 0.0708. The smallest absolute Gasteiger partial charge is 0.237 e. The lowest BCUT2D eigenvalue weighted by Gasteiger charge is -2.15. The highest BCUT2D eigenvalue weighted by atomic mass is 32.2. The first-order valence-corrected chi connectivity index (χ1v) is 4.34. The molecule has 0 radical (unpaired) electrons. The number of nitrogens with two attached hydrogens (primary N) is 1. The Hall–Kier alpha value is -1.22. The van der Waals surface area contributed by atoms with Gasteiger partial charge in [0.15, 0.2) is 5.17 Å². The number of carbonyl (C=O) groups is 1. The van der Waals surface area contributed by atoms with Gasteiger partial charge in [-0.2, -0.15) is 5.26 Å². The van der Waals surface area contributed by atoms with Gasteiger partial charge in [0.2, 0.25) is 12.1 Å². The van der Waals surface area contributed by atoms with E-state index in [4.69, 9.17) is 11.0 Å². The van der Waals surface area contributed by atoms with Crippen molar-refractivity contribution < 1.29 is 4.79 Å². The van der Waals surface area contributed by atoms with Crippen LogP contribution in [-0.4, -0.2) is 35.8 Å². The summed E-state index contributed by atoms with van der Waals surface area (Å²) in [5.74, 6) is -0.447. The van der Waals surface area contributed by atoms with Crippen LogP contribution in [0, 0.1) is 11.5 Å². The summed E-state index contributed by atoms with van der Waals surface area (Å²) >= 11 is 1.29. The van der Waals surface area contributed by atoms with Gasteiger partial charge in [0.05, 0.1) is 6.54 Å². The van der Waals surface area contributed by atoms with Crippen LogP contribution in [-0.2, 0) is 4.79 Å². The average molecular weight is 186 g/mol. The molecule has 6 heteroatoms. The zero-order valence-corrected chi connectivity index (χ0v) is 7.76. The molecule has 2 N–H and O–H groups in total. The summed E-state index contributed by atoms with van der Waals surface area (Å²) in [6, 6.07) is 0. The fraction of sp³-hybridized carbons (Fsp3) is 0.500. The number of hydrogen-bond acceptors (Lipinski definition) is 4. The number of nitrogens with zero attached hydrogens (tertiary/aromatic N) is 3. The van der Waals surface area contributed by atoms with Gasteiger partial charge in [0, 0.05) is 7.05 Å². The first kappa shape index (κ1) is 10.8. The summed E-state index contributed by atoms with van der Waals surface area (Å²) in [6.07, 6.45) is 3.42. The minimum atomic E-state index is -0.447. The highest BCUT2D eigenvalue weighted by molar-refractivity contribution is 8.13. The molecular weight excluding hydrogens is 176 g/mol. The van der Waals surface area contributed by atoms with Crippen molar-refractivity contribution in [1.82, 2.24) is 4.90 Å². The lowest BCUT2D eigenvalue weighted by molar-refractivity contribution is -0.118. The maximum absolute atomic E-state index is 10.5. The number of aliphatic imine (C=N–C) groups is 1. The molecular formula is C6H10N4OS. The molecule has 0 bridgehead atoms. The molecule has 5 nitrogen and oxygen atoms in total. The van der Waals surface area contributed by atoms with E-state index in [0.29, 0.717) is 5.17 Å². The first-order chi connectivity index (χ1) is 5.61. The Balaban J connectivity index is 4.24. The van der Waals surface area contributed by atoms with Crippen LogP contribution in [0.3, 0.4) is 0 Å². The highest BCUT2D eigenvalue weighted by Crippen LogP contribution is 2.01. The van der Waals surface area contributed by atoms with Gasteiger partial charge in [0.1, 0.15) is 0 Å². The van der Waals surface area contributed by atoms with E-state index in [1.54, 1.807) is 19.5 Å². The van der Waals surface area contributed by atoms with Crippen LogP contribution in [0.25, 0.3) is 0 Å². The number of thioether (sulfide) groups is 1. The zero-order chi connectivity index (χ0) is 9.56. The monoisotopic (exact) mass is 186 g/mol. The van der Waals surface area contributed by atoms with Gasteiger partial charge in [-0.25, -0.2) is 0 Å². The van der Waals surface area contributed by atoms with Gasteiger partial charge >= 0.3 is 0 Å². The standard InChI is InChI=1S/C6H10N4OS/c1-10(3-5(8)11)6(12-2)9-4-7/h3H2,1-2H3,(H2,8,11). The number of amidine groups is 1. The summed E-state index contributed by atoms with van der Waals surface area (Å²) in [6.45, 7) is 0.0708. The number of hydrogen-bond donors (Lipinski definition) is 1. The molecule has 0 spiro atoms. The predicted octanol–water partition coefficient (Wildman–Crippen LogP) is -0.396. The normalized spacial score (nSPS) is 10.6. The molecule has 0 aromatic heterocycles. The first-order valence-electron chi connectivity index (χ1n) is 3.12. The van der Waals surface area contributed by atoms with E-state index < -0.39 is 5.91 Å². The second-order valence-electron chi connectivity index (χ2n) is 2.02. The van der Waals surface area contributed by atoms with Crippen LogP contribution in [0.2, 0.25) is 0 Å². The van der Waals surface area contributed by atoms with Crippen molar-refractivity contribution in [2.45, 2.75) is 0 Å². The van der Waals surface area contributed by atoms with E-state index in [9.17, 15) is 4.79 Å². The van der Waals surface area contributed by atoms with Crippen molar-refractivity contribution in [3.63, 3.8) is 0 Å². The summed E-state index contributed by atoms with van der Waals surface area (Å²) in [5.41, 5.74) is 4.95. The SMILES string of the molecule is CSC(=NC#N)N(C)CC(N)=O. The van der Waals surface area contributed by atoms with Crippen molar-refractivity contribution >= 4 is 22.8 Å². The fourth-order valence-corrected chi connectivity index (χ4v) is 1.14. The van der Waals surface area contributed by atoms with Gasteiger partial charge in [-0.1, -0.05) is 11.8 Å². The van der Waals surface area contributed by atoms with E-state index in [2.05, 4.69) is 4.99 Å². The van der Waals surface area contributed by atoms with Crippen molar-refractivity contribution in [2.75, 3.05) is 19.8 Å². The number of nitriles is 1. The Morgan fingerprint density at radius 1 is 1.83 bits per heavy atom. The number of rotatable bonds is 2. The summed E-state index contributed by atoms with van der Waals surface area (Å²) < 4.78 is 0. The molecule has 0 aliphatic heterocycles. The Kier molecular flexibility index (Phi) is 4.88. The molecule has 0 heterocycles. The second-order valence-corrected chi connectivity index (χ2v) is 2.79. The van der Waals surface area contributed by atoms with Crippen LogP contribution < -0.4 is 5.73 Å². The molecule has 1 amide bonds. The van der Waals surface area contributed by atoms with Gasteiger partial charge in [0.25, 0.3) is 0 Å². The van der Waals surface area contributed by atoms with E-state index in [-0.39, 0.29) is 6.54 Å². The molecule has 0 rings (SSSR count). The van der Waals surface area contributed by atoms with Crippen molar-refractivity contribution in [2.24, 2.45) is 10.7 Å². The maximum atomic E-state index is 10.5. The molecule has 0 atom stereocenters. The molecule has 0 aliphatic rings. The number of amides is 1. The number of primary amides is 1. The largest absolute Gasteiger partial charge is 0.368 e. The lowest BCUT2D eigenvalue weighted by Crippen LogP contribution is -2.33. The van der Waals surface area contributed by atoms with Crippen LogP contribution in [0.4, 0.5) is 0 Å². The van der Waals surface area contributed by atoms with E-state index in [1.807, 2.05) is 0 Å². The van der Waals surface area contributed by atoms with Crippen molar-refractivity contribution in [3.05, 3.63) is 0 Å². The summed E-state index contributed by atoms with van der Waals surface area (Å²) in [4.78, 5) is 15.5. The molecule has 66 valence electrons. The summed E-state index contributed by atoms with van der Waals surface area (Å²) in [7, 11) is 1.65. The second kappa shape index (κ2) is 5.43. The topological polar surface area (TPSA) is 82.5 Å². The fourth-order valence-electron chi connectivity index (χ4n) is 0.631. The quantitative estimate of drug-likeness (QED) is 0.361. The van der Waals surface area contributed by atoms with Crippen LogP contribution >= 0.6 is 11.8 Å². The van der Waals surface area contributed by atoms with Gasteiger partial charge < -0.3 is 10.6 Å². The van der Waals surface area contributed by atoms with E-state index in [1.165, 1.54) is 16.7 Å². The minimum Gasteiger partial charge on any atom is -0.368 e. The molecule has 0 saturated carbocycles. The zero-order valence-electron chi connectivity index (χ0n) is 6.94. The molecule has 0 fully saturated rings. The molecule has 0 aromatic carbocycles. The Labute approximate surface area is 75.2 Å². The van der Waals surface area contributed by atoms with Gasteiger partial charge in [-0.3, -0.25) is 4.79 Å². The Bertz CT molecular complexity index is 232.